The summed E-state index contributed by atoms with van der Waals surface area (Å²) in [6.45, 7) is 5.46. The molecule has 0 heterocycles. The van der Waals surface area contributed by atoms with Crippen molar-refractivity contribution in [3.05, 3.63) is 22.3 Å². The number of hydrogen-bond donors (Lipinski definition) is 0. The van der Waals surface area contributed by atoms with E-state index in [4.69, 9.17) is 17.8 Å². The van der Waals surface area contributed by atoms with E-state index in [0.29, 0.717) is 0 Å². The summed E-state index contributed by atoms with van der Waals surface area (Å²) in [5.74, 6) is 0. The number of rotatable bonds is 2. The van der Waals surface area contributed by atoms with Crippen molar-refractivity contribution in [1.29, 1.82) is 0 Å². The van der Waals surface area contributed by atoms with E-state index in [-0.39, 0.29) is 0 Å². The zero-order valence-electron chi connectivity index (χ0n) is 4.50. The zero-order chi connectivity index (χ0) is 6.57. The van der Waals surface area contributed by atoms with Crippen LogP contribution in [0.15, 0.2) is 22.3 Å². The van der Waals surface area contributed by atoms with E-state index in [9.17, 15) is 0 Å². The average molecular weight is 265 g/mol. The normalized spacial score (nSPS) is 13.4. The summed E-state index contributed by atoms with van der Waals surface area (Å²) >= 11 is -1.75. The van der Waals surface area contributed by atoms with Crippen LogP contribution >= 0.6 is 35.4 Å². The van der Waals surface area contributed by atoms with Gasteiger partial charge in [-0.2, -0.15) is 0 Å². The molecule has 0 spiro atoms. The monoisotopic (exact) mass is 264 g/mol. The Morgan fingerprint density at radius 1 is 1.62 bits per heavy atom. The summed E-state index contributed by atoms with van der Waals surface area (Å²) in [5, 5.41) is 0. The number of halogens is 3. The van der Waals surface area contributed by atoms with Gasteiger partial charge in [0.25, 0.3) is 0 Å². The molecule has 0 aliphatic heterocycles. The Balaban J connectivity index is 3.91. The molecule has 0 aromatic rings. The molecule has 0 saturated heterocycles. The van der Waals surface area contributed by atoms with Gasteiger partial charge in [-0.05, 0) is 0 Å². The maximum absolute atomic E-state index is 5.63. The van der Waals surface area contributed by atoms with Crippen LogP contribution in [0.5, 0.6) is 0 Å². The van der Waals surface area contributed by atoms with E-state index in [1.807, 2.05) is 13.0 Å². The van der Waals surface area contributed by atoms with E-state index in [0.717, 1.165) is 3.58 Å². The molecule has 0 N–H and O–H groups in total. The van der Waals surface area contributed by atoms with E-state index in [1.165, 1.54) is 0 Å². The molecule has 0 amide bonds. The molecule has 0 bridgehead atoms. The van der Waals surface area contributed by atoms with Crippen molar-refractivity contribution in [2.24, 2.45) is 0 Å². The molecular weight excluding hydrogens is 258 g/mol. The van der Waals surface area contributed by atoms with Gasteiger partial charge in [-0.1, -0.05) is 0 Å². The molecule has 8 heavy (non-hydrogen) atoms. The van der Waals surface area contributed by atoms with Crippen LogP contribution in [0.25, 0.3) is 0 Å². The van der Waals surface area contributed by atoms with Crippen molar-refractivity contribution < 1.29 is 0 Å². The molecule has 0 unspecified atom stereocenters. The van der Waals surface area contributed by atoms with E-state index >= 15 is 0 Å². The van der Waals surface area contributed by atoms with Crippen molar-refractivity contribution in [3.8, 4) is 0 Å². The Labute approximate surface area is 64.4 Å². The van der Waals surface area contributed by atoms with Crippen molar-refractivity contribution >= 4 is 35.4 Å². The predicted octanol–water partition coefficient (Wildman–Crippen LogP) is 3.89. The number of hydrogen-bond acceptors (Lipinski definition) is 0. The van der Waals surface area contributed by atoms with Gasteiger partial charge in [-0.15, -0.1) is 0 Å². The Bertz CT molecular complexity index is 107. The summed E-state index contributed by atoms with van der Waals surface area (Å²) < 4.78 is 1.01. The fourth-order valence-electron chi connectivity index (χ4n) is 0.259. The fraction of sp³-hybridized carbons (Fsp3) is 0.200. The second-order valence-corrected chi connectivity index (χ2v) is 8.26. The van der Waals surface area contributed by atoms with Crippen molar-refractivity contribution in [2.75, 3.05) is 0 Å². The second kappa shape index (κ2) is 4.65. The first-order valence-corrected chi connectivity index (χ1v) is 8.58. The molecule has 0 nitrogen and oxygen atoms in total. The van der Waals surface area contributed by atoms with Crippen LogP contribution in [0.2, 0.25) is 0 Å². The van der Waals surface area contributed by atoms with Gasteiger partial charge in [-0.25, -0.2) is 0 Å². The fourth-order valence-corrected chi connectivity index (χ4v) is 2.95. The van der Waals surface area contributed by atoms with Crippen molar-refractivity contribution in [3.63, 3.8) is 0 Å². The summed E-state index contributed by atoms with van der Waals surface area (Å²) in [6.07, 6.45) is 3.61. The zero-order valence-corrected chi connectivity index (χ0v) is 8.17. The van der Waals surface area contributed by atoms with Crippen LogP contribution in [-0.4, -0.2) is 0 Å². The van der Waals surface area contributed by atoms with E-state index in [2.05, 4.69) is 6.58 Å². The molecule has 0 atom stereocenters. The first-order chi connectivity index (χ1) is 3.72. The van der Waals surface area contributed by atoms with Gasteiger partial charge in [-0.3, -0.25) is 0 Å². The molecule has 0 saturated carbocycles. The van der Waals surface area contributed by atoms with Gasteiger partial charge in [0, 0.05) is 0 Å². The molecule has 0 rings (SSSR count). The quantitative estimate of drug-likeness (QED) is 0.524. The molecule has 0 aliphatic carbocycles. The van der Waals surface area contributed by atoms with Gasteiger partial charge < -0.3 is 0 Å². The summed E-state index contributed by atoms with van der Waals surface area (Å²) in [7, 11) is 11.3. The molecule has 0 aromatic carbocycles. The SMILES string of the molecule is C=C/C(=C\C)I(Cl)Cl. The first-order valence-electron chi connectivity index (χ1n) is 2.04. The average Bonchev–Trinajstić information content (AvgIpc) is 1.69. The van der Waals surface area contributed by atoms with Crippen LogP contribution in [0.3, 0.4) is 0 Å². The van der Waals surface area contributed by atoms with Gasteiger partial charge >= 0.3 is 64.6 Å². The standard InChI is InChI=1S/C5H7Cl2I/c1-3-5(4-2)8(6)7/h3-4H,1H2,2H3/b5-4+. The predicted molar refractivity (Wildman–Crippen MR) is 49.7 cm³/mol. The minimum absolute atomic E-state index is 1.01. The van der Waals surface area contributed by atoms with Gasteiger partial charge in [0.2, 0.25) is 0 Å². The maximum atomic E-state index is 5.63. The third kappa shape index (κ3) is 2.95. The number of allylic oxidation sites excluding steroid dienone is 3. The van der Waals surface area contributed by atoms with Crippen LogP contribution < -0.4 is 0 Å². The van der Waals surface area contributed by atoms with Gasteiger partial charge in [0.1, 0.15) is 0 Å². The van der Waals surface area contributed by atoms with Crippen LogP contribution in [-0.2, 0) is 0 Å². The third-order valence-electron chi connectivity index (χ3n) is 0.636. The Kier molecular flexibility index (Phi) is 5.11. The molecule has 48 valence electrons. The van der Waals surface area contributed by atoms with Crippen molar-refractivity contribution in [1.82, 2.24) is 0 Å². The van der Waals surface area contributed by atoms with Crippen LogP contribution in [0.4, 0.5) is 0 Å². The van der Waals surface area contributed by atoms with Gasteiger partial charge in [0.05, 0.1) is 0 Å². The van der Waals surface area contributed by atoms with E-state index in [1.54, 1.807) is 6.08 Å². The van der Waals surface area contributed by atoms with Crippen LogP contribution in [0, 0.1) is 0 Å². The van der Waals surface area contributed by atoms with Crippen molar-refractivity contribution in [2.45, 2.75) is 6.92 Å². The Hall–Kier alpha value is 0.790. The molecule has 0 fully saturated rings. The van der Waals surface area contributed by atoms with Crippen LogP contribution in [0.1, 0.15) is 6.92 Å². The second-order valence-electron chi connectivity index (χ2n) is 1.07. The Morgan fingerprint density at radius 2 is 2.12 bits per heavy atom. The summed E-state index contributed by atoms with van der Waals surface area (Å²) in [5.41, 5.74) is 0. The molecule has 0 aromatic heterocycles. The first kappa shape index (κ1) is 8.79. The van der Waals surface area contributed by atoms with Gasteiger partial charge in [0.15, 0.2) is 0 Å². The minimum atomic E-state index is -1.75. The van der Waals surface area contributed by atoms with E-state index < -0.39 is 17.6 Å². The molecule has 3 heteroatoms. The topological polar surface area (TPSA) is 0 Å². The third-order valence-corrected chi connectivity index (χ3v) is 4.85. The molecule has 0 aliphatic rings. The molecule has 0 radical (unpaired) electrons. The Morgan fingerprint density at radius 3 is 2.12 bits per heavy atom. The summed E-state index contributed by atoms with van der Waals surface area (Å²) in [4.78, 5) is 0. The molecular formula is C5H7Cl2I. The summed E-state index contributed by atoms with van der Waals surface area (Å²) in [6, 6.07) is 0.